The molecule has 0 bridgehead atoms. The van der Waals surface area contributed by atoms with Crippen LogP contribution in [0.15, 0.2) is 29.8 Å². The minimum absolute atomic E-state index is 0.236. The fourth-order valence-electron chi connectivity index (χ4n) is 2.26. The molecule has 0 heterocycles. The molecule has 0 saturated carbocycles. The number of hydrogen-bond donors (Lipinski definition) is 1. The summed E-state index contributed by atoms with van der Waals surface area (Å²) in [5.74, 6) is -0.236. The molecule has 0 amide bonds. The van der Waals surface area contributed by atoms with E-state index in [9.17, 15) is 26.0 Å². The highest BCUT2D eigenvalue weighted by molar-refractivity contribution is 7.86. The van der Waals surface area contributed by atoms with E-state index in [1.807, 2.05) is 12.1 Å². The van der Waals surface area contributed by atoms with Crippen molar-refractivity contribution in [2.75, 3.05) is 6.61 Å². The topological polar surface area (TPSA) is 63.6 Å². The van der Waals surface area contributed by atoms with Crippen LogP contribution in [0.25, 0.3) is 6.08 Å². The summed E-state index contributed by atoms with van der Waals surface area (Å²) in [5.41, 5.74) is 2.07. The number of ether oxygens (including phenoxy) is 1. The second kappa shape index (κ2) is 5.88. The Morgan fingerprint density at radius 3 is 2.48 bits per heavy atom. The van der Waals surface area contributed by atoms with Gasteiger partial charge in [0.15, 0.2) is 0 Å². The van der Waals surface area contributed by atoms with Gasteiger partial charge in [0.2, 0.25) is 0 Å². The first-order valence-corrected chi connectivity index (χ1v) is 8.04. The summed E-state index contributed by atoms with van der Waals surface area (Å²) in [6.45, 7) is 0.831. The van der Waals surface area contributed by atoms with Crippen LogP contribution < -0.4 is 0 Å². The standard InChI is InChI=1S/C14H14F4O4S/c1-9-6-10-4-2-3-5-11(10)7-12(9)8-22-13(15,16)14(17,18)23(19,20)21/h2-5,7,9H,6,8H2,1H3,(H,19,20,21). The summed E-state index contributed by atoms with van der Waals surface area (Å²) in [6.07, 6.45) is -3.28. The predicted molar refractivity (Wildman–Crippen MR) is 74.7 cm³/mol. The fourth-order valence-corrected chi connectivity index (χ4v) is 2.62. The van der Waals surface area contributed by atoms with E-state index in [-0.39, 0.29) is 5.92 Å². The zero-order chi connectivity index (χ0) is 17.5. The van der Waals surface area contributed by atoms with Gasteiger partial charge in [-0.25, -0.2) is 0 Å². The molecule has 0 aromatic heterocycles. The molecule has 1 aliphatic rings. The van der Waals surface area contributed by atoms with Crippen LogP contribution in [0.5, 0.6) is 0 Å². The van der Waals surface area contributed by atoms with Crippen LogP contribution in [0.3, 0.4) is 0 Å². The molecule has 0 spiro atoms. The van der Waals surface area contributed by atoms with E-state index in [1.165, 1.54) is 0 Å². The lowest BCUT2D eigenvalue weighted by molar-refractivity contribution is -0.315. The minimum Gasteiger partial charge on any atom is -0.310 e. The Morgan fingerprint density at radius 1 is 1.26 bits per heavy atom. The van der Waals surface area contributed by atoms with Gasteiger partial charge in [-0.05, 0) is 29.0 Å². The quantitative estimate of drug-likeness (QED) is 0.651. The summed E-state index contributed by atoms with van der Waals surface area (Å²) in [7, 11) is -6.30. The van der Waals surface area contributed by atoms with E-state index >= 15 is 0 Å². The van der Waals surface area contributed by atoms with Crippen LogP contribution in [0.1, 0.15) is 18.1 Å². The molecule has 0 fully saturated rings. The third kappa shape index (κ3) is 3.41. The van der Waals surface area contributed by atoms with Crippen LogP contribution in [0.4, 0.5) is 17.6 Å². The van der Waals surface area contributed by atoms with Crippen molar-refractivity contribution in [1.29, 1.82) is 0 Å². The average Bonchev–Trinajstić information content (AvgIpc) is 2.43. The molecule has 4 nitrogen and oxygen atoms in total. The molecule has 1 aromatic rings. The third-order valence-corrected chi connectivity index (χ3v) is 4.52. The highest BCUT2D eigenvalue weighted by Gasteiger charge is 2.67. The van der Waals surface area contributed by atoms with Gasteiger partial charge in [0.05, 0.1) is 6.61 Å². The van der Waals surface area contributed by atoms with Gasteiger partial charge in [-0.2, -0.15) is 26.0 Å². The van der Waals surface area contributed by atoms with Crippen molar-refractivity contribution in [3.63, 3.8) is 0 Å². The molecule has 0 radical (unpaired) electrons. The lowest BCUT2D eigenvalue weighted by Crippen LogP contribution is -2.48. The third-order valence-electron chi connectivity index (χ3n) is 3.64. The molecule has 9 heteroatoms. The monoisotopic (exact) mass is 354 g/mol. The summed E-state index contributed by atoms with van der Waals surface area (Å²) in [5, 5.41) is -5.73. The van der Waals surface area contributed by atoms with Crippen molar-refractivity contribution >= 4 is 16.2 Å². The smallest absolute Gasteiger partial charge is 0.310 e. The molecule has 1 atom stereocenters. The zero-order valence-electron chi connectivity index (χ0n) is 12.0. The molecule has 1 unspecified atom stereocenters. The first-order valence-electron chi connectivity index (χ1n) is 6.60. The SMILES string of the molecule is CC1Cc2ccccc2C=C1COC(F)(F)C(F)(F)S(=O)(=O)O. The Kier molecular flexibility index (Phi) is 4.57. The van der Waals surface area contributed by atoms with E-state index in [0.29, 0.717) is 12.0 Å². The molecule has 1 N–H and O–H groups in total. The van der Waals surface area contributed by atoms with Crippen LogP contribution in [-0.2, 0) is 21.3 Å². The molecule has 0 saturated heterocycles. The number of rotatable bonds is 5. The largest absolute Gasteiger partial charge is 0.459 e. The Balaban J connectivity index is 2.19. The second-order valence-corrected chi connectivity index (χ2v) is 6.78. The zero-order valence-corrected chi connectivity index (χ0v) is 12.8. The van der Waals surface area contributed by atoms with Gasteiger partial charge >= 0.3 is 21.5 Å². The average molecular weight is 354 g/mol. The molecule has 1 aromatic carbocycles. The number of fused-ring (bicyclic) bond motifs is 1. The summed E-state index contributed by atoms with van der Waals surface area (Å²) >= 11 is 0. The van der Waals surface area contributed by atoms with Crippen LogP contribution in [-0.4, -0.2) is 30.9 Å². The maximum Gasteiger partial charge on any atom is 0.459 e. The van der Waals surface area contributed by atoms with E-state index < -0.39 is 28.1 Å². The van der Waals surface area contributed by atoms with E-state index in [0.717, 1.165) is 11.1 Å². The number of hydrogen-bond acceptors (Lipinski definition) is 3. The van der Waals surface area contributed by atoms with Gasteiger partial charge < -0.3 is 4.74 Å². The Morgan fingerprint density at radius 2 is 1.87 bits per heavy atom. The first-order chi connectivity index (χ1) is 10.5. The number of benzene rings is 1. The van der Waals surface area contributed by atoms with Crippen molar-refractivity contribution in [3.05, 3.63) is 41.0 Å². The van der Waals surface area contributed by atoms with Gasteiger partial charge in [0.25, 0.3) is 0 Å². The molecule has 1 aliphatic carbocycles. The van der Waals surface area contributed by atoms with Gasteiger partial charge in [0, 0.05) is 0 Å². The highest BCUT2D eigenvalue weighted by atomic mass is 32.2. The van der Waals surface area contributed by atoms with Crippen molar-refractivity contribution in [2.24, 2.45) is 5.92 Å². The maximum absolute atomic E-state index is 13.3. The number of halogens is 4. The summed E-state index contributed by atoms with van der Waals surface area (Å²) in [4.78, 5) is 0. The van der Waals surface area contributed by atoms with Gasteiger partial charge in [-0.15, -0.1) is 0 Å². The van der Waals surface area contributed by atoms with Gasteiger partial charge in [-0.3, -0.25) is 4.55 Å². The Bertz CT molecular complexity index is 728. The molecular weight excluding hydrogens is 340 g/mol. The summed E-state index contributed by atoms with van der Waals surface area (Å²) in [6, 6.07) is 7.17. The molecule has 2 rings (SSSR count). The van der Waals surface area contributed by atoms with Crippen LogP contribution in [0, 0.1) is 5.92 Å². The van der Waals surface area contributed by atoms with Crippen molar-refractivity contribution in [2.45, 2.75) is 24.7 Å². The molecule has 23 heavy (non-hydrogen) atoms. The van der Waals surface area contributed by atoms with Gasteiger partial charge in [-0.1, -0.05) is 37.3 Å². The van der Waals surface area contributed by atoms with Gasteiger partial charge in [0.1, 0.15) is 0 Å². The Labute approximate surface area is 130 Å². The molecule has 128 valence electrons. The normalized spacial score (nSPS) is 19.2. The Hall–Kier alpha value is -1.45. The van der Waals surface area contributed by atoms with Crippen LogP contribution >= 0.6 is 0 Å². The molecule has 0 aliphatic heterocycles. The fraction of sp³-hybridized carbons (Fsp3) is 0.429. The van der Waals surface area contributed by atoms with Crippen LogP contribution in [0.2, 0.25) is 0 Å². The molecular formula is C14H14F4O4S. The van der Waals surface area contributed by atoms with Crippen molar-refractivity contribution < 1.29 is 35.3 Å². The van der Waals surface area contributed by atoms with E-state index in [2.05, 4.69) is 4.74 Å². The number of alkyl halides is 4. The minimum atomic E-state index is -6.30. The highest BCUT2D eigenvalue weighted by Crippen LogP contribution is 2.40. The van der Waals surface area contributed by atoms with Crippen molar-refractivity contribution in [3.8, 4) is 0 Å². The predicted octanol–water partition coefficient (Wildman–Crippen LogP) is 3.35. The second-order valence-electron chi connectivity index (χ2n) is 5.32. The maximum atomic E-state index is 13.3. The summed E-state index contributed by atoms with van der Waals surface area (Å²) < 4.78 is 85.7. The first kappa shape index (κ1) is 17.9. The lowest BCUT2D eigenvalue weighted by Gasteiger charge is -2.27. The van der Waals surface area contributed by atoms with E-state index in [4.69, 9.17) is 4.55 Å². The lowest BCUT2D eigenvalue weighted by atomic mass is 9.85. The van der Waals surface area contributed by atoms with Crippen molar-refractivity contribution in [1.82, 2.24) is 0 Å². The van der Waals surface area contributed by atoms with E-state index in [1.54, 1.807) is 25.1 Å².